The molecule has 1 aromatic carbocycles. The third-order valence-electron chi connectivity index (χ3n) is 0.913. The van der Waals surface area contributed by atoms with E-state index in [-0.39, 0.29) is 41.3 Å². The summed E-state index contributed by atoms with van der Waals surface area (Å²) in [5.74, 6) is -0.211. The molecule has 0 aromatic heterocycles. The third kappa shape index (κ3) is 3.98. The normalized spacial score (nSPS) is 7.30. The average Bonchev–Trinajstić information content (AvgIpc) is 1.77. The van der Waals surface area contributed by atoms with E-state index in [9.17, 15) is 4.39 Å². The van der Waals surface area contributed by atoms with Crippen molar-refractivity contribution in [1.29, 1.82) is 0 Å². The molecule has 0 aliphatic rings. The summed E-state index contributed by atoms with van der Waals surface area (Å²) in [5.41, 5.74) is 0.839. The first-order valence-electron chi connectivity index (χ1n) is 2.36. The fraction of sp³-hybridized carbons (Fsp3) is 0. The summed E-state index contributed by atoms with van der Waals surface area (Å²) >= 11 is 0. The molecule has 0 saturated heterocycles. The van der Waals surface area contributed by atoms with Crippen molar-refractivity contribution in [3.05, 3.63) is 42.6 Å². The second-order valence-electron chi connectivity index (χ2n) is 1.63. The van der Waals surface area contributed by atoms with Gasteiger partial charge in [0.2, 0.25) is 0 Å². The molecule has 3 heteroatoms. The Hall–Kier alpha value is 0.0762. The fourth-order valence-electron chi connectivity index (χ4n) is 0.484. The zero-order valence-electron chi connectivity index (χ0n) is 5.48. The molecule has 0 atom stereocenters. The van der Waals surface area contributed by atoms with Crippen LogP contribution in [0.25, 0.3) is 0 Å². The van der Waals surface area contributed by atoms with Gasteiger partial charge in [0.05, 0.1) is 5.82 Å². The first-order chi connectivity index (χ1) is 3.79. The maximum atomic E-state index is 12.1. The summed E-state index contributed by atoms with van der Waals surface area (Å²) in [5, 5.41) is 0. The molecule has 0 fully saturated rings. The first kappa shape index (κ1) is 12.7. The Morgan fingerprint density at radius 3 is 1.80 bits per heavy atom. The Kier molecular flexibility index (Phi) is 7.42. The van der Waals surface area contributed by atoms with Gasteiger partial charge in [-0.05, 0) is 0 Å². The predicted molar refractivity (Wildman–Crippen MR) is 36.6 cm³/mol. The number of hydrogen-bond acceptors (Lipinski definition) is 0. The van der Waals surface area contributed by atoms with Gasteiger partial charge in [-0.15, -0.1) is 0 Å². The van der Waals surface area contributed by atoms with E-state index in [4.69, 9.17) is 0 Å². The van der Waals surface area contributed by atoms with Gasteiger partial charge in [-0.25, -0.2) is 4.39 Å². The molecular weight excluding hydrogens is 163 g/mol. The van der Waals surface area contributed by atoms with E-state index in [1.807, 2.05) is 0 Å². The monoisotopic (exact) mass is 168 g/mol. The topological polar surface area (TPSA) is 0 Å². The molecule has 1 aromatic rings. The van der Waals surface area contributed by atoms with Crippen LogP contribution in [-0.2, 0) is 0 Å². The van der Waals surface area contributed by atoms with Crippen molar-refractivity contribution >= 4 is 23.1 Å². The molecular formula is C7H6ClFMg. The number of halogens is 2. The maximum absolute atomic E-state index is 12.1. The number of hydrogen-bond donors (Lipinski definition) is 0. The molecule has 0 spiro atoms. The van der Waals surface area contributed by atoms with Crippen LogP contribution in [-0.4, -0.2) is 23.1 Å². The van der Waals surface area contributed by atoms with Crippen molar-refractivity contribution in [1.82, 2.24) is 0 Å². The Labute approximate surface area is 82.4 Å². The number of benzene rings is 1. The van der Waals surface area contributed by atoms with Gasteiger partial charge in [-0.2, -0.15) is 24.6 Å². The van der Waals surface area contributed by atoms with Crippen LogP contribution in [0.15, 0.2) is 24.3 Å². The molecule has 0 heterocycles. The van der Waals surface area contributed by atoms with Gasteiger partial charge in [0.25, 0.3) is 0 Å². The van der Waals surface area contributed by atoms with Crippen LogP contribution >= 0.6 is 0 Å². The van der Waals surface area contributed by atoms with E-state index >= 15 is 0 Å². The van der Waals surface area contributed by atoms with Crippen molar-refractivity contribution in [2.24, 2.45) is 0 Å². The zero-order valence-corrected chi connectivity index (χ0v) is 7.65. The van der Waals surface area contributed by atoms with Crippen LogP contribution in [0.4, 0.5) is 4.39 Å². The van der Waals surface area contributed by atoms with E-state index in [1.54, 1.807) is 12.1 Å². The SMILES string of the molecule is [CH2-]c1ccc(F)cc1.[Cl-].[Mg+2]. The van der Waals surface area contributed by atoms with Gasteiger partial charge >= 0.3 is 23.1 Å². The van der Waals surface area contributed by atoms with Crippen molar-refractivity contribution in [3.8, 4) is 0 Å². The minimum atomic E-state index is -0.211. The molecule has 0 aliphatic heterocycles. The smallest absolute Gasteiger partial charge is 1.00 e. The Bertz CT molecular complexity index is 152. The second kappa shape index (κ2) is 5.83. The fourth-order valence-corrected chi connectivity index (χ4v) is 0.484. The van der Waals surface area contributed by atoms with Crippen LogP contribution in [0.2, 0.25) is 0 Å². The largest absolute Gasteiger partial charge is 2.00 e. The summed E-state index contributed by atoms with van der Waals surface area (Å²) < 4.78 is 12.1. The van der Waals surface area contributed by atoms with Crippen molar-refractivity contribution in [2.45, 2.75) is 0 Å². The first-order valence-corrected chi connectivity index (χ1v) is 2.36. The summed E-state index contributed by atoms with van der Waals surface area (Å²) in [6, 6.07) is 6.05. The van der Waals surface area contributed by atoms with Gasteiger partial charge in [0, 0.05) is 0 Å². The summed E-state index contributed by atoms with van der Waals surface area (Å²) in [7, 11) is 0. The van der Waals surface area contributed by atoms with Gasteiger partial charge in [-0.3, -0.25) is 0 Å². The van der Waals surface area contributed by atoms with Crippen LogP contribution < -0.4 is 12.4 Å². The Balaban J connectivity index is 0. The maximum Gasteiger partial charge on any atom is 2.00 e. The summed E-state index contributed by atoms with van der Waals surface area (Å²) in [4.78, 5) is 0. The van der Waals surface area contributed by atoms with Crippen LogP contribution in [0.5, 0.6) is 0 Å². The van der Waals surface area contributed by atoms with Crippen molar-refractivity contribution in [2.75, 3.05) is 0 Å². The van der Waals surface area contributed by atoms with E-state index in [0.29, 0.717) is 0 Å². The minimum Gasteiger partial charge on any atom is -1.00 e. The second-order valence-corrected chi connectivity index (χ2v) is 1.63. The molecule has 0 aliphatic carbocycles. The van der Waals surface area contributed by atoms with E-state index in [1.165, 1.54) is 12.1 Å². The van der Waals surface area contributed by atoms with Gasteiger partial charge < -0.3 is 12.4 Å². The molecule has 0 saturated carbocycles. The molecule has 0 nitrogen and oxygen atoms in total. The standard InChI is InChI=1S/C7H6F.ClH.Mg/c1-6-2-4-7(8)5-3-6;;/h2-5H,1H2;1H;/q-1;;+2/p-1. The van der Waals surface area contributed by atoms with E-state index in [0.717, 1.165) is 5.56 Å². The number of rotatable bonds is 0. The molecule has 50 valence electrons. The quantitative estimate of drug-likeness (QED) is 0.332. The summed E-state index contributed by atoms with van der Waals surface area (Å²) in [6.07, 6.45) is 0. The summed E-state index contributed by atoms with van der Waals surface area (Å²) in [6.45, 7) is 3.60. The van der Waals surface area contributed by atoms with Crippen molar-refractivity contribution in [3.63, 3.8) is 0 Å². The van der Waals surface area contributed by atoms with E-state index in [2.05, 4.69) is 6.92 Å². The van der Waals surface area contributed by atoms with Crippen molar-refractivity contribution < 1.29 is 16.8 Å². The van der Waals surface area contributed by atoms with Gasteiger partial charge in [0.15, 0.2) is 0 Å². The zero-order chi connectivity index (χ0) is 5.98. The van der Waals surface area contributed by atoms with E-state index < -0.39 is 0 Å². The molecule has 0 N–H and O–H groups in total. The van der Waals surface area contributed by atoms with Crippen LogP contribution in [0, 0.1) is 12.7 Å². The molecule has 0 bridgehead atoms. The van der Waals surface area contributed by atoms with Crippen LogP contribution in [0.3, 0.4) is 0 Å². The van der Waals surface area contributed by atoms with Crippen LogP contribution in [0.1, 0.15) is 5.56 Å². The van der Waals surface area contributed by atoms with Gasteiger partial charge in [0.1, 0.15) is 0 Å². The Morgan fingerprint density at radius 2 is 1.50 bits per heavy atom. The Morgan fingerprint density at radius 1 is 1.10 bits per heavy atom. The molecule has 0 amide bonds. The molecule has 1 rings (SSSR count). The van der Waals surface area contributed by atoms with Gasteiger partial charge in [-0.1, -0.05) is 12.1 Å². The third-order valence-corrected chi connectivity index (χ3v) is 0.913. The molecule has 0 unspecified atom stereocenters. The predicted octanol–water partition coefficient (Wildman–Crippen LogP) is -1.37. The average molecular weight is 169 g/mol. The minimum absolute atomic E-state index is 0. The molecule has 10 heavy (non-hydrogen) atoms. The molecule has 0 radical (unpaired) electrons.